The second-order valence-electron chi connectivity index (χ2n) is 8.11. The van der Waals surface area contributed by atoms with Gasteiger partial charge in [0.2, 0.25) is 11.8 Å². The molecule has 0 aliphatic carbocycles. The zero-order valence-corrected chi connectivity index (χ0v) is 18.9. The van der Waals surface area contributed by atoms with Gasteiger partial charge in [-0.05, 0) is 26.0 Å². The molecule has 1 atom stereocenters. The van der Waals surface area contributed by atoms with E-state index in [1.54, 1.807) is 12.0 Å². The van der Waals surface area contributed by atoms with Crippen LogP contribution in [-0.2, 0) is 9.59 Å². The van der Waals surface area contributed by atoms with Crippen LogP contribution in [0.5, 0.6) is 5.75 Å². The lowest BCUT2D eigenvalue weighted by atomic mass is 10.1. The molecule has 2 aliphatic rings. The monoisotopic (exact) mass is 438 g/mol. The summed E-state index contributed by atoms with van der Waals surface area (Å²) in [5, 5.41) is 3.23. The lowest BCUT2D eigenvalue weighted by molar-refractivity contribution is -0.136. The van der Waals surface area contributed by atoms with E-state index in [1.165, 1.54) is 0 Å². The Morgan fingerprint density at radius 2 is 1.97 bits per heavy atom. The van der Waals surface area contributed by atoms with E-state index >= 15 is 0 Å². The highest BCUT2D eigenvalue weighted by Gasteiger charge is 2.38. The van der Waals surface area contributed by atoms with E-state index in [-0.39, 0.29) is 24.2 Å². The minimum absolute atomic E-state index is 0.0253. The molecule has 2 fully saturated rings. The third-order valence-electron chi connectivity index (χ3n) is 5.94. The number of carbonyl (C=O) groups excluding carboxylic acids is 2. The van der Waals surface area contributed by atoms with Crippen molar-refractivity contribution in [2.75, 3.05) is 61.5 Å². The quantitative estimate of drug-likeness (QED) is 0.737. The minimum Gasteiger partial charge on any atom is -0.497 e. The molecule has 2 aromatic rings. The van der Waals surface area contributed by atoms with E-state index in [9.17, 15) is 9.59 Å². The summed E-state index contributed by atoms with van der Waals surface area (Å²) in [6.07, 6.45) is 0.243. The van der Waals surface area contributed by atoms with Gasteiger partial charge in [0.1, 0.15) is 23.2 Å². The number of carbonyl (C=O) groups is 2. The van der Waals surface area contributed by atoms with Crippen LogP contribution in [0.2, 0.25) is 0 Å². The molecular formula is C23H30N6O3. The van der Waals surface area contributed by atoms with Gasteiger partial charge < -0.3 is 24.8 Å². The first kappa shape index (κ1) is 21.9. The van der Waals surface area contributed by atoms with Gasteiger partial charge in [-0.1, -0.05) is 6.07 Å². The van der Waals surface area contributed by atoms with Crippen molar-refractivity contribution in [2.24, 2.45) is 5.92 Å². The Morgan fingerprint density at radius 1 is 1.19 bits per heavy atom. The van der Waals surface area contributed by atoms with Gasteiger partial charge in [0.05, 0.1) is 13.0 Å². The fourth-order valence-corrected chi connectivity index (χ4v) is 4.30. The van der Waals surface area contributed by atoms with Crippen LogP contribution in [0.4, 0.5) is 17.3 Å². The number of hydrogen-bond acceptors (Lipinski definition) is 7. The van der Waals surface area contributed by atoms with Gasteiger partial charge >= 0.3 is 0 Å². The average Bonchev–Trinajstić information content (AvgIpc) is 3.20. The van der Waals surface area contributed by atoms with Gasteiger partial charge in [-0.2, -0.15) is 0 Å². The van der Waals surface area contributed by atoms with Crippen LogP contribution in [0.1, 0.15) is 19.2 Å². The van der Waals surface area contributed by atoms with E-state index in [4.69, 9.17) is 4.74 Å². The van der Waals surface area contributed by atoms with Crippen molar-refractivity contribution >= 4 is 29.1 Å². The highest BCUT2D eigenvalue weighted by Crippen LogP contribution is 2.29. The first-order chi connectivity index (χ1) is 15.5. The van der Waals surface area contributed by atoms with Crippen LogP contribution in [0.15, 0.2) is 30.3 Å². The number of nitrogens with zero attached hydrogens (tertiary/aromatic N) is 5. The summed E-state index contributed by atoms with van der Waals surface area (Å²) in [4.78, 5) is 40.5. The lowest BCUT2D eigenvalue weighted by Crippen LogP contribution is -2.51. The van der Waals surface area contributed by atoms with Crippen molar-refractivity contribution in [3.8, 4) is 5.75 Å². The largest absolute Gasteiger partial charge is 0.497 e. The van der Waals surface area contributed by atoms with Gasteiger partial charge in [0.25, 0.3) is 0 Å². The molecule has 1 N–H and O–H groups in total. The molecule has 0 saturated carbocycles. The summed E-state index contributed by atoms with van der Waals surface area (Å²) < 4.78 is 5.26. The predicted molar refractivity (Wildman–Crippen MR) is 123 cm³/mol. The summed E-state index contributed by atoms with van der Waals surface area (Å²) in [5.74, 6) is 2.81. The second kappa shape index (κ2) is 9.42. The molecule has 2 amide bonds. The van der Waals surface area contributed by atoms with Gasteiger partial charge in [-0.15, -0.1) is 0 Å². The van der Waals surface area contributed by atoms with Crippen molar-refractivity contribution in [1.82, 2.24) is 14.9 Å². The Bertz CT molecular complexity index is 989. The summed E-state index contributed by atoms with van der Waals surface area (Å²) >= 11 is 0. The van der Waals surface area contributed by atoms with E-state index in [1.807, 2.05) is 49.1 Å². The second-order valence-corrected chi connectivity index (χ2v) is 8.11. The normalized spacial score (nSPS) is 18.8. The predicted octanol–water partition coefficient (Wildman–Crippen LogP) is 1.93. The fourth-order valence-electron chi connectivity index (χ4n) is 4.30. The van der Waals surface area contributed by atoms with Crippen molar-refractivity contribution in [2.45, 2.75) is 20.3 Å². The maximum absolute atomic E-state index is 13.2. The van der Waals surface area contributed by atoms with Crippen molar-refractivity contribution < 1.29 is 14.3 Å². The van der Waals surface area contributed by atoms with Gasteiger partial charge in [-0.3, -0.25) is 9.59 Å². The number of anilines is 3. The molecule has 1 aromatic heterocycles. The minimum atomic E-state index is -0.318. The maximum Gasteiger partial charge on any atom is 0.228 e. The summed E-state index contributed by atoms with van der Waals surface area (Å²) in [5.41, 5.74) is 0.769. The van der Waals surface area contributed by atoms with E-state index in [2.05, 4.69) is 20.2 Å². The number of methoxy groups -OCH3 is 1. The molecule has 0 spiro atoms. The van der Waals surface area contributed by atoms with Gasteiger partial charge in [0, 0.05) is 63.5 Å². The van der Waals surface area contributed by atoms with Crippen LogP contribution in [0.3, 0.4) is 0 Å². The Balaban J connectivity index is 1.37. The number of benzene rings is 1. The smallest absolute Gasteiger partial charge is 0.228 e. The molecule has 9 heteroatoms. The number of aryl methyl sites for hydroxylation is 1. The van der Waals surface area contributed by atoms with Crippen LogP contribution in [0, 0.1) is 12.8 Å². The van der Waals surface area contributed by atoms with Gasteiger partial charge in [0.15, 0.2) is 0 Å². The molecule has 2 saturated heterocycles. The molecule has 1 unspecified atom stereocenters. The molecular weight excluding hydrogens is 408 g/mol. The maximum atomic E-state index is 13.2. The Hall–Kier alpha value is -3.36. The first-order valence-corrected chi connectivity index (χ1v) is 11.1. The average molecular weight is 439 g/mol. The van der Waals surface area contributed by atoms with Gasteiger partial charge in [-0.25, -0.2) is 9.97 Å². The number of nitrogens with one attached hydrogen (secondary N) is 1. The molecule has 9 nitrogen and oxygen atoms in total. The Kier molecular flexibility index (Phi) is 6.43. The highest BCUT2D eigenvalue weighted by molar-refractivity contribution is 6.00. The molecule has 1 aromatic carbocycles. The molecule has 3 heterocycles. The molecule has 32 heavy (non-hydrogen) atoms. The highest BCUT2D eigenvalue weighted by atomic mass is 16.5. The van der Waals surface area contributed by atoms with Crippen molar-refractivity contribution in [1.29, 1.82) is 0 Å². The third-order valence-corrected chi connectivity index (χ3v) is 5.94. The standard InChI is InChI=1S/C23H30N6O3/c1-4-24-20-14-21(26-16(2)25-20)27-8-10-28(11-9-27)23(31)17-12-22(30)29(15-17)18-6-5-7-19(13-18)32-3/h5-7,13-14,17H,4,8-12,15H2,1-3H3,(H,24,25,26). The van der Waals surface area contributed by atoms with Crippen molar-refractivity contribution in [3.63, 3.8) is 0 Å². The van der Waals surface area contributed by atoms with E-state index in [0.29, 0.717) is 38.5 Å². The molecule has 0 radical (unpaired) electrons. The lowest BCUT2D eigenvalue weighted by Gasteiger charge is -2.36. The zero-order valence-electron chi connectivity index (χ0n) is 18.9. The number of amides is 2. The number of hydrogen-bond donors (Lipinski definition) is 1. The number of aromatic nitrogens is 2. The zero-order chi connectivity index (χ0) is 22.7. The topological polar surface area (TPSA) is 90.9 Å². The first-order valence-electron chi connectivity index (χ1n) is 11.1. The number of ether oxygens (including phenoxy) is 1. The van der Waals surface area contributed by atoms with E-state index in [0.717, 1.165) is 29.7 Å². The SMILES string of the molecule is CCNc1cc(N2CCN(C(=O)C3CC(=O)N(c4cccc(OC)c4)C3)CC2)nc(C)n1. The van der Waals surface area contributed by atoms with Crippen LogP contribution >= 0.6 is 0 Å². The van der Waals surface area contributed by atoms with Crippen LogP contribution in [0.25, 0.3) is 0 Å². The summed E-state index contributed by atoms with van der Waals surface area (Å²) in [6, 6.07) is 9.35. The van der Waals surface area contributed by atoms with Crippen LogP contribution < -0.4 is 19.9 Å². The molecule has 0 bridgehead atoms. The Labute approximate surface area is 188 Å². The molecule has 170 valence electrons. The molecule has 2 aliphatic heterocycles. The number of rotatable bonds is 6. The third kappa shape index (κ3) is 4.61. The number of piperazine rings is 1. The fraction of sp³-hybridized carbons (Fsp3) is 0.478. The van der Waals surface area contributed by atoms with Crippen LogP contribution in [-0.4, -0.2) is 73.1 Å². The molecule has 4 rings (SSSR count). The summed E-state index contributed by atoms with van der Waals surface area (Å²) in [6.45, 7) is 7.75. The summed E-state index contributed by atoms with van der Waals surface area (Å²) in [7, 11) is 1.60. The van der Waals surface area contributed by atoms with Crippen molar-refractivity contribution in [3.05, 3.63) is 36.2 Å². The Morgan fingerprint density at radius 3 is 2.69 bits per heavy atom. The van der Waals surface area contributed by atoms with E-state index < -0.39 is 0 Å².